The molecule has 104 valence electrons. The Labute approximate surface area is 116 Å². The van der Waals surface area contributed by atoms with Crippen LogP contribution >= 0.6 is 0 Å². The zero-order valence-electron chi connectivity index (χ0n) is 12.3. The first-order valence-corrected chi connectivity index (χ1v) is 7.69. The molecule has 2 nitrogen and oxygen atoms in total. The standard InChI is InChI=1S/C17H25NO/c1-11(2)14-9-6-12(3)17-16(14)15(5-4-10-19-17)18-13-7-8-13/h6,9,11,13,15,18H,4-5,7-8,10H2,1-3H3. The summed E-state index contributed by atoms with van der Waals surface area (Å²) in [7, 11) is 0. The summed E-state index contributed by atoms with van der Waals surface area (Å²) in [6, 6.07) is 5.75. The molecule has 1 saturated carbocycles. The highest BCUT2D eigenvalue weighted by Crippen LogP contribution is 2.40. The number of aryl methyl sites for hydroxylation is 1. The van der Waals surface area contributed by atoms with E-state index in [0.717, 1.165) is 24.8 Å². The highest BCUT2D eigenvalue weighted by molar-refractivity contribution is 5.49. The van der Waals surface area contributed by atoms with Crippen LogP contribution < -0.4 is 10.1 Å². The van der Waals surface area contributed by atoms with Crippen molar-refractivity contribution in [2.45, 2.75) is 64.5 Å². The van der Waals surface area contributed by atoms with Gasteiger partial charge < -0.3 is 10.1 Å². The number of benzene rings is 1. The molecule has 0 bridgehead atoms. The van der Waals surface area contributed by atoms with Crippen LogP contribution in [0.2, 0.25) is 0 Å². The van der Waals surface area contributed by atoms with E-state index in [-0.39, 0.29) is 0 Å². The normalized spacial score (nSPS) is 22.8. The summed E-state index contributed by atoms with van der Waals surface area (Å²) in [4.78, 5) is 0. The molecule has 3 rings (SSSR count). The van der Waals surface area contributed by atoms with Gasteiger partial charge in [-0.2, -0.15) is 0 Å². The number of rotatable bonds is 3. The fourth-order valence-corrected chi connectivity index (χ4v) is 3.09. The predicted octanol–water partition coefficient (Wildman–Crippen LogP) is 4.08. The first kappa shape index (κ1) is 13.0. The van der Waals surface area contributed by atoms with Crippen molar-refractivity contribution in [1.29, 1.82) is 0 Å². The summed E-state index contributed by atoms with van der Waals surface area (Å²) < 4.78 is 6.06. The smallest absolute Gasteiger partial charge is 0.127 e. The maximum atomic E-state index is 6.06. The SMILES string of the molecule is Cc1ccc(C(C)C)c2c1OCCCC2NC1CC1. The third-order valence-electron chi connectivity index (χ3n) is 4.29. The lowest BCUT2D eigenvalue weighted by atomic mass is 9.89. The Morgan fingerprint density at radius 1 is 1.21 bits per heavy atom. The Morgan fingerprint density at radius 3 is 2.68 bits per heavy atom. The molecule has 0 saturated heterocycles. The number of fused-ring (bicyclic) bond motifs is 1. The lowest BCUT2D eigenvalue weighted by Gasteiger charge is -2.24. The van der Waals surface area contributed by atoms with Crippen LogP contribution in [-0.2, 0) is 0 Å². The van der Waals surface area contributed by atoms with E-state index in [1.54, 1.807) is 0 Å². The summed E-state index contributed by atoms with van der Waals surface area (Å²) >= 11 is 0. The minimum atomic E-state index is 0.488. The van der Waals surface area contributed by atoms with Gasteiger partial charge in [-0.25, -0.2) is 0 Å². The van der Waals surface area contributed by atoms with Crippen molar-refractivity contribution in [3.8, 4) is 5.75 Å². The van der Waals surface area contributed by atoms with Gasteiger partial charge in [0.05, 0.1) is 6.61 Å². The Morgan fingerprint density at radius 2 is 2.00 bits per heavy atom. The van der Waals surface area contributed by atoms with Crippen molar-refractivity contribution in [2.75, 3.05) is 6.61 Å². The molecule has 1 aromatic rings. The Hall–Kier alpha value is -1.02. The van der Waals surface area contributed by atoms with Crippen molar-refractivity contribution in [1.82, 2.24) is 5.32 Å². The van der Waals surface area contributed by atoms with E-state index in [2.05, 4.69) is 38.2 Å². The van der Waals surface area contributed by atoms with Crippen LogP contribution in [0.5, 0.6) is 5.75 Å². The summed E-state index contributed by atoms with van der Waals surface area (Å²) in [5.74, 6) is 1.71. The van der Waals surface area contributed by atoms with Crippen molar-refractivity contribution in [3.05, 3.63) is 28.8 Å². The summed E-state index contributed by atoms with van der Waals surface area (Å²) in [6.45, 7) is 7.59. The molecule has 0 radical (unpaired) electrons. The largest absolute Gasteiger partial charge is 0.493 e. The summed E-state index contributed by atoms with van der Waals surface area (Å²) in [5, 5.41) is 3.83. The number of nitrogens with one attached hydrogen (secondary N) is 1. The van der Waals surface area contributed by atoms with Crippen LogP contribution in [0, 0.1) is 6.92 Å². The Kier molecular flexibility index (Phi) is 3.53. The molecule has 1 aromatic carbocycles. The van der Waals surface area contributed by atoms with Crippen molar-refractivity contribution < 1.29 is 4.74 Å². The minimum absolute atomic E-state index is 0.488. The van der Waals surface area contributed by atoms with E-state index in [1.807, 2.05) is 0 Å². The number of ether oxygens (including phenoxy) is 1. The Bertz CT molecular complexity index is 463. The molecule has 0 spiro atoms. The van der Waals surface area contributed by atoms with Gasteiger partial charge in [-0.3, -0.25) is 0 Å². The third-order valence-corrected chi connectivity index (χ3v) is 4.29. The second-order valence-electron chi connectivity index (χ2n) is 6.35. The van der Waals surface area contributed by atoms with E-state index in [1.165, 1.54) is 36.0 Å². The average Bonchev–Trinajstić information content (AvgIpc) is 3.18. The van der Waals surface area contributed by atoms with E-state index < -0.39 is 0 Å². The molecule has 1 heterocycles. The van der Waals surface area contributed by atoms with Gasteiger partial charge in [0, 0.05) is 17.6 Å². The summed E-state index contributed by atoms with van der Waals surface area (Å²) in [6.07, 6.45) is 5.04. The second kappa shape index (κ2) is 5.16. The molecule has 1 aliphatic carbocycles. The van der Waals surface area contributed by atoms with Gasteiger partial charge in [0.25, 0.3) is 0 Å². The van der Waals surface area contributed by atoms with Crippen molar-refractivity contribution in [3.63, 3.8) is 0 Å². The molecule has 1 aliphatic heterocycles. The molecular weight excluding hydrogens is 234 g/mol. The van der Waals surface area contributed by atoms with E-state index in [9.17, 15) is 0 Å². The fraction of sp³-hybridized carbons (Fsp3) is 0.647. The highest BCUT2D eigenvalue weighted by atomic mass is 16.5. The van der Waals surface area contributed by atoms with Gasteiger partial charge in [-0.05, 0) is 49.7 Å². The lowest BCUT2D eigenvalue weighted by Crippen LogP contribution is -2.24. The predicted molar refractivity (Wildman–Crippen MR) is 78.9 cm³/mol. The van der Waals surface area contributed by atoms with Gasteiger partial charge in [-0.1, -0.05) is 26.0 Å². The molecule has 2 aliphatic rings. The van der Waals surface area contributed by atoms with Crippen LogP contribution in [0.25, 0.3) is 0 Å². The monoisotopic (exact) mass is 259 g/mol. The van der Waals surface area contributed by atoms with E-state index in [4.69, 9.17) is 4.74 Å². The molecular formula is C17H25NO. The van der Waals surface area contributed by atoms with E-state index in [0.29, 0.717) is 12.0 Å². The third kappa shape index (κ3) is 2.64. The Balaban J connectivity index is 2.04. The first-order chi connectivity index (χ1) is 9.16. The van der Waals surface area contributed by atoms with Gasteiger partial charge in [0.1, 0.15) is 5.75 Å². The van der Waals surface area contributed by atoms with Crippen molar-refractivity contribution >= 4 is 0 Å². The maximum absolute atomic E-state index is 6.06. The molecule has 1 unspecified atom stereocenters. The number of hydrogen-bond acceptors (Lipinski definition) is 2. The molecule has 2 heteroatoms. The minimum Gasteiger partial charge on any atom is -0.493 e. The highest BCUT2D eigenvalue weighted by Gasteiger charge is 2.30. The van der Waals surface area contributed by atoms with Crippen LogP contribution in [0.4, 0.5) is 0 Å². The summed E-state index contributed by atoms with van der Waals surface area (Å²) in [5.41, 5.74) is 4.18. The molecule has 1 fully saturated rings. The van der Waals surface area contributed by atoms with Crippen LogP contribution in [0.1, 0.15) is 68.2 Å². The maximum Gasteiger partial charge on any atom is 0.127 e. The van der Waals surface area contributed by atoms with Gasteiger partial charge in [0.15, 0.2) is 0 Å². The number of hydrogen-bond donors (Lipinski definition) is 1. The zero-order valence-corrected chi connectivity index (χ0v) is 12.3. The van der Waals surface area contributed by atoms with Crippen molar-refractivity contribution in [2.24, 2.45) is 0 Å². The average molecular weight is 259 g/mol. The molecule has 1 atom stereocenters. The van der Waals surface area contributed by atoms with Gasteiger partial charge >= 0.3 is 0 Å². The molecule has 0 amide bonds. The van der Waals surface area contributed by atoms with Gasteiger partial charge in [0.2, 0.25) is 0 Å². The van der Waals surface area contributed by atoms with Crippen LogP contribution in [-0.4, -0.2) is 12.6 Å². The second-order valence-corrected chi connectivity index (χ2v) is 6.35. The van der Waals surface area contributed by atoms with Crippen LogP contribution in [0.15, 0.2) is 12.1 Å². The fourth-order valence-electron chi connectivity index (χ4n) is 3.09. The first-order valence-electron chi connectivity index (χ1n) is 7.69. The molecule has 1 N–H and O–H groups in total. The zero-order chi connectivity index (χ0) is 13.4. The van der Waals surface area contributed by atoms with E-state index >= 15 is 0 Å². The van der Waals surface area contributed by atoms with Crippen LogP contribution in [0.3, 0.4) is 0 Å². The van der Waals surface area contributed by atoms with Gasteiger partial charge in [-0.15, -0.1) is 0 Å². The molecule has 19 heavy (non-hydrogen) atoms. The quantitative estimate of drug-likeness (QED) is 0.883. The topological polar surface area (TPSA) is 21.3 Å². The molecule has 0 aromatic heterocycles. The lowest BCUT2D eigenvalue weighted by molar-refractivity contribution is 0.313.